The normalized spacial score (nSPS) is 12.1. The van der Waals surface area contributed by atoms with Crippen LogP contribution in [0.15, 0.2) is 18.7 Å². The molecule has 2 nitrogen and oxygen atoms in total. The molecule has 0 fully saturated rings. The quantitative estimate of drug-likeness (QED) is 0.621. The van der Waals surface area contributed by atoms with Crippen LogP contribution < -0.4 is 17.0 Å². The topological polar surface area (TPSA) is 19.7 Å². The summed E-state index contributed by atoms with van der Waals surface area (Å²) in [5.41, 5.74) is 0. The predicted octanol–water partition coefficient (Wildman–Crippen LogP) is -0.477. The Hall–Kier alpha value is -0.500. The van der Waals surface area contributed by atoms with Crippen LogP contribution in [-0.4, -0.2) is 4.98 Å². The van der Waals surface area contributed by atoms with Gasteiger partial charge in [-0.15, -0.1) is 0 Å². The first-order chi connectivity index (χ1) is 6.36. The Morgan fingerprint density at radius 1 is 1.29 bits per heavy atom. The predicted molar refractivity (Wildman–Crippen MR) is 54.3 cm³/mol. The second-order valence-corrected chi connectivity index (χ2v) is 3.70. The Morgan fingerprint density at radius 2 is 2.07 bits per heavy atom. The largest absolute Gasteiger partial charge is 1.00 e. The Balaban J connectivity index is 0.00000169. The molecule has 1 unspecified atom stereocenters. The van der Waals surface area contributed by atoms with E-state index in [1.807, 2.05) is 12.5 Å². The number of rotatable bonds is 6. The van der Waals surface area contributed by atoms with E-state index in [1.165, 1.54) is 25.7 Å². The van der Waals surface area contributed by atoms with Crippen molar-refractivity contribution in [1.82, 2.24) is 4.98 Å². The molecule has 0 spiro atoms. The van der Waals surface area contributed by atoms with Gasteiger partial charge in [0.25, 0.3) is 0 Å². The number of H-pyrrole nitrogens is 1. The number of hydrogen-bond acceptors (Lipinski definition) is 0. The fourth-order valence-corrected chi connectivity index (χ4v) is 1.75. The molecule has 1 atom stereocenters. The number of imidazole rings is 1. The number of hydrogen-bond donors (Lipinski definition) is 1. The van der Waals surface area contributed by atoms with Crippen molar-refractivity contribution in [1.29, 1.82) is 0 Å². The van der Waals surface area contributed by atoms with Gasteiger partial charge in [0.15, 0.2) is 0 Å². The lowest BCUT2D eigenvalue weighted by Gasteiger charge is -2.11. The molecule has 3 heteroatoms. The second kappa shape index (κ2) is 7.86. The zero-order chi connectivity index (χ0) is 9.52. The van der Waals surface area contributed by atoms with E-state index in [-0.39, 0.29) is 12.4 Å². The molecule has 1 rings (SSSR count). The lowest BCUT2D eigenvalue weighted by molar-refractivity contribution is -0.696. The maximum absolute atomic E-state index is 3.07. The molecule has 14 heavy (non-hydrogen) atoms. The fourth-order valence-electron chi connectivity index (χ4n) is 1.75. The van der Waals surface area contributed by atoms with Gasteiger partial charge in [0.2, 0.25) is 6.33 Å². The number of halogens is 1. The molecule has 0 aromatic carbocycles. The molecule has 1 aromatic rings. The van der Waals surface area contributed by atoms with E-state index < -0.39 is 0 Å². The smallest absolute Gasteiger partial charge is 0.241 e. The fraction of sp³-hybridized carbons (Fsp3) is 0.727. The third-order valence-corrected chi connectivity index (χ3v) is 2.67. The van der Waals surface area contributed by atoms with Crippen molar-refractivity contribution in [3.05, 3.63) is 18.7 Å². The SMILES string of the molecule is CCCC(CC)CC[n+]1cc[nH]c1.[Cl-]. The van der Waals surface area contributed by atoms with Crippen molar-refractivity contribution in [3.8, 4) is 0 Å². The van der Waals surface area contributed by atoms with Crippen molar-refractivity contribution in [2.24, 2.45) is 5.92 Å². The Bertz CT molecular complexity index is 209. The zero-order valence-corrected chi connectivity index (χ0v) is 9.93. The van der Waals surface area contributed by atoms with Crippen LogP contribution in [0.4, 0.5) is 0 Å². The molecule has 0 radical (unpaired) electrons. The number of aryl methyl sites for hydroxylation is 1. The molecule has 1 N–H and O–H groups in total. The van der Waals surface area contributed by atoms with Gasteiger partial charge < -0.3 is 12.4 Å². The molecule has 1 heterocycles. The molecule has 0 aliphatic heterocycles. The number of aromatic nitrogens is 2. The van der Waals surface area contributed by atoms with Crippen molar-refractivity contribution in [2.45, 2.75) is 46.1 Å². The summed E-state index contributed by atoms with van der Waals surface area (Å²) in [4.78, 5) is 3.07. The van der Waals surface area contributed by atoms with E-state index >= 15 is 0 Å². The first kappa shape index (κ1) is 13.5. The maximum Gasteiger partial charge on any atom is 0.241 e. The van der Waals surface area contributed by atoms with Crippen molar-refractivity contribution >= 4 is 0 Å². The Morgan fingerprint density at radius 3 is 2.57 bits per heavy atom. The van der Waals surface area contributed by atoms with Crippen LogP contribution in [0.2, 0.25) is 0 Å². The van der Waals surface area contributed by atoms with E-state index in [0.29, 0.717) is 0 Å². The highest BCUT2D eigenvalue weighted by molar-refractivity contribution is 4.57. The summed E-state index contributed by atoms with van der Waals surface area (Å²) in [5, 5.41) is 0. The molecule has 0 aliphatic carbocycles. The van der Waals surface area contributed by atoms with Crippen molar-refractivity contribution in [3.63, 3.8) is 0 Å². The second-order valence-electron chi connectivity index (χ2n) is 3.70. The Kier molecular flexibility index (Phi) is 7.58. The van der Waals surface area contributed by atoms with Gasteiger partial charge in [0.1, 0.15) is 12.4 Å². The van der Waals surface area contributed by atoms with E-state index in [2.05, 4.69) is 29.6 Å². The molecule has 1 aromatic heterocycles. The Labute approximate surface area is 93.1 Å². The van der Waals surface area contributed by atoms with Crippen LogP contribution in [0.1, 0.15) is 39.5 Å². The molecular weight excluding hydrogens is 196 g/mol. The summed E-state index contributed by atoms with van der Waals surface area (Å²) in [5.74, 6) is 0.910. The van der Waals surface area contributed by atoms with Crippen LogP contribution in [-0.2, 0) is 6.54 Å². The summed E-state index contributed by atoms with van der Waals surface area (Å²) in [7, 11) is 0. The summed E-state index contributed by atoms with van der Waals surface area (Å²) in [6.07, 6.45) is 11.4. The van der Waals surface area contributed by atoms with Gasteiger partial charge >= 0.3 is 0 Å². The number of aromatic amines is 1. The zero-order valence-electron chi connectivity index (χ0n) is 9.17. The number of nitrogens with zero attached hydrogens (tertiary/aromatic N) is 1. The van der Waals surface area contributed by atoms with Crippen LogP contribution >= 0.6 is 0 Å². The van der Waals surface area contributed by atoms with Crippen molar-refractivity contribution < 1.29 is 17.0 Å². The van der Waals surface area contributed by atoms with Crippen LogP contribution in [0.5, 0.6) is 0 Å². The third-order valence-electron chi connectivity index (χ3n) is 2.67. The summed E-state index contributed by atoms with van der Waals surface area (Å²) < 4.78 is 2.22. The highest BCUT2D eigenvalue weighted by Gasteiger charge is 2.06. The molecular formula is C11H21ClN2. The van der Waals surface area contributed by atoms with E-state index in [4.69, 9.17) is 0 Å². The van der Waals surface area contributed by atoms with E-state index in [0.717, 1.165) is 12.5 Å². The minimum atomic E-state index is 0. The van der Waals surface area contributed by atoms with Crippen LogP contribution in [0, 0.1) is 5.92 Å². The molecule has 0 aliphatic rings. The van der Waals surface area contributed by atoms with Crippen molar-refractivity contribution in [2.75, 3.05) is 0 Å². The maximum atomic E-state index is 3.07. The van der Waals surface area contributed by atoms with Gasteiger partial charge in [-0.1, -0.05) is 33.1 Å². The van der Waals surface area contributed by atoms with Gasteiger partial charge in [-0.05, 0) is 12.3 Å². The van der Waals surface area contributed by atoms with Gasteiger partial charge in [0, 0.05) is 0 Å². The lowest BCUT2D eigenvalue weighted by atomic mass is 9.97. The van der Waals surface area contributed by atoms with Gasteiger partial charge in [-0.3, -0.25) is 4.98 Å². The summed E-state index contributed by atoms with van der Waals surface area (Å²) in [6.45, 7) is 5.72. The summed E-state index contributed by atoms with van der Waals surface area (Å²) >= 11 is 0. The van der Waals surface area contributed by atoms with E-state index in [9.17, 15) is 0 Å². The lowest BCUT2D eigenvalue weighted by Crippen LogP contribution is -3.00. The summed E-state index contributed by atoms with van der Waals surface area (Å²) in [6, 6.07) is 0. The van der Waals surface area contributed by atoms with Crippen LogP contribution in [0.25, 0.3) is 0 Å². The third kappa shape index (κ3) is 4.66. The molecule has 0 bridgehead atoms. The first-order valence-corrected chi connectivity index (χ1v) is 5.38. The van der Waals surface area contributed by atoms with Crippen LogP contribution in [0.3, 0.4) is 0 Å². The molecule has 82 valence electrons. The minimum absolute atomic E-state index is 0. The highest BCUT2D eigenvalue weighted by atomic mass is 35.5. The number of nitrogens with one attached hydrogen (secondary N) is 1. The highest BCUT2D eigenvalue weighted by Crippen LogP contribution is 2.14. The molecule has 0 saturated heterocycles. The van der Waals surface area contributed by atoms with Gasteiger partial charge in [-0.25, -0.2) is 4.57 Å². The average Bonchev–Trinajstić information content (AvgIpc) is 2.64. The molecule has 0 saturated carbocycles. The van der Waals surface area contributed by atoms with Gasteiger partial charge in [0.05, 0.1) is 6.54 Å². The first-order valence-electron chi connectivity index (χ1n) is 5.38. The monoisotopic (exact) mass is 216 g/mol. The average molecular weight is 217 g/mol. The molecule has 0 amide bonds. The minimum Gasteiger partial charge on any atom is -1.00 e. The van der Waals surface area contributed by atoms with E-state index in [1.54, 1.807) is 0 Å². The standard InChI is InChI=1S/C11H20N2.ClH/c1-3-5-11(4-2)6-8-13-9-7-12-10-13;/h7,9-11H,3-6,8H2,1-2H3;1H. The van der Waals surface area contributed by atoms with Gasteiger partial charge in [-0.2, -0.15) is 0 Å².